The maximum absolute atomic E-state index is 14.1. The van der Waals surface area contributed by atoms with E-state index < -0.39 is 17.1 Å². The number of para-hydroxylation sites is 2. The molecule has 0 amide bonds. The van der Waals surface area contributed by atoms with Crippen molar-refractivity contribution in [2.24, 2.45) is 0 Å². The van der Waals surface area contributed by atoms with Crippen LogP contribution in [0.25, 0.3) is 0 Å². The summed E-state index contributed by atoms with van der Waals surface area (Å²) in [6.07, 6.45) is 1.03. The Kier molecular flexibility index (Phi) is 5.79. The topological polar surface area (TPSA) is 108 Å². The van der Waals surface area contributed by atoms with Crippen LogP contribution in [0.15, 0.2) is 54.7 Å². The first-order valence-corrected chi connectivity index (χ1v) is 8.83. The first-order valence-electron chi connectivity index (χ1n) is 7.72. The first-order chi connectivity index (χ1) is 13.0. The van der Waals surface area contributed by atoms with Crippen LogP contribution in [0.5, 0.6) is 5.75 Å². The molecule has 0 saturated heterocycles. The zero-order valence-electron chi connectivity index (χ0n) is 14.1. The van der Waals surface area contributed by atoms with Gasteiger partial charge in [-0.15, -0.1) is 0 Å². The molecule has 140 valence electrons. The average Bonchev–Trinajstić information content (AvgIpc) is 2.66. The first kappa shape index (κ1) is 18.5. The molecule has 0 aliphatic rings. The Balaban J connectivity index is 1.82. The number of halogens is 1. The van der Waals surface area contributed by atoms with Crippen molar-refractivity contribution in [2.75, 3.05) is 22.5 Å². The lowest BCUT2D eigenvalue weighted by atomic mass is 10.2. The number of rotatable bonds is 7. The van der Waals surface area contributed by atoms with Crippen LogP contribution in [0.3, 0.4) is 0 Å². The van der Waals surface area contributed by atoms with Gasteiger partial charge in [0.25, 0.3) is 11.3 Å². The minimum Gasteiger partial charge on any atom is -0.497 e. The van der Waals surface area contributed by atoms with Gasteiger partial charge in [0.2, 0.25) is 5.95 Å². The minimum atomic E-state index is -2.26. The van der Waals surface area contributed by atoms with Crippen molar-refractivity contribution in [1.29, 1.82) is 0 Å². The Morgan fingerprint density at radius 3 is 2.44 bits per heavy atom. The number of methoxy groups -OCH3 is 1. The molecule has 2 aromatic carbocycles. The molecular weight excluding hydrogens is 373 g/mol. The van der Waals surface area contributed by atoms with Crippen molar-refractivity contribution in [3.8, 4) is 5.75 Å². The fourth-order valence-electron chi connectivity index (χ4n) is 2.22. The standard InChI is InChI=1S/C17H16FN5O3S/c1-26-12-8-6-11(7-9-12)20-17-19-10-13(18)16(22-17)21-14-4-2-3-5-15(14)23-27(24)25/h2-10,23H,1H3,(H,24,25)(H2,19,20,21,22). The summed E-state index contributed by atoms with van der Waals surface area (Å²) >= 11 is -2.26. The van der Waals surface area contributed by atoms with Crippen molar-refractivity contribution in [1.82, 2.24) is 9.97 Å². The number of aromatic nitrogens is 2. The maximum Gasteiger partial charge on any atom is 0.259 e. The molecular formula is C17H16FN5O3S. The number of hydrogen-bond acceptors (Lipinski definition) is 6. The van der Waals surface area contributed by atoms with Crippen LogP contribution in [0.2, 0.25) is 0 Å². The molecule has 0 radical (unpaired) electrons. The molecule has 3 aromatic rings. The van der Waals surface area contributed by atoms with Crippen molar-refractivity contribution in [2.45, 2.75) is 0 Å². The highest BCUT2D eigenvalue weighted by Gasteiger charge is 2.11. The smallest absolute Gasteiger partial charge is 0.259 e. The number of nitrogens with one attached hydrogen (secondary N) is 3. The van der Waals surface area contributed by atoms with E-state index >= 15 is 0 Å². The zero-order valence-corrected chi connectivity index (χ0v) is 15.0. The summed E-state index contributed by atoms with van der Waals surface area (Å²) in [5.41, 5.74) is 1.40. The van der Waals surface area contributed by atoms with E-state index in [9.17, 15) is 8.60 Å². The highest BCUT2D eigenvalue weighted by Crippen LogP contribution is 2.27. The predicted octanol–water partition coefficient (Wildman–Crippen LogP) is 3.66. The largest absolute Gasteiger partial charge is 0.497 e. The van der Waals surface area contributed by atoms with E-state index in [1.165, 1.54) is 0 Å². The number of anilines is 5. The lowest BCUT2D eigenvalue weighted by Crippen LogP contribution is -2.07. The molecule has 8 nitrogen and oxygen atoms in total. The molecule has 1 aromatic heterocycles. The van der Waals surface area contributed by atoms with Gasteiger partial charge in [-0.2, -0.15) is 4.98 Å². The molecule has 4 N–H and O–H groups in total. The molecule has 0 saturated carbocycles. The second-order valence-electron chi connectivity index (χ2n) is 5.27. The molecule has 1 atom stereocenters. The summed E-state index contributed by atoms with van der Waals surface area (Å²) in [5.74, 6) is 0.128. The van der Waals surface area contributed by atoms with Crippen LogP contribution in [-0.4, -0.2) is 25.8 Å². The van der Waals surface area contributed by atoms with E-state index in [1.54, 1.807) is 55.6 Å². The quantitative estimate of drug-likeness (QED) is 0.457. The Morgan fingerprint density at radius 1 is 1.07 bits per heavy atom. The van der Waals surface area contributed by atoms with Crippen LogP contribution in [0.4, 0.5) is 33.2 Å². The van der Waals surface area contributed by atoms with Gasteiger partial charge in [0.15, 0.2) is 11.6 Å². The molecule has 27 heavy (non-hydrogen) atoms. The van der Waals surface area contributed by atoms with Gasteiger partial charge >= 0.3 is 0 Å². The average molecular weight is 389 g/mol. The molecule has 1 heterocycles. The summed E-state index contributed by atoms with van der Waals surface area (Å²) < 4.78 is 41.6. The molecule has 0 bridgehead atoms. The van der Waals surface area contributed by atoms with Crippen LogP contribution >= 0.6 is 0 Å². The molecule has 0 aliphatic heterocycles. The molecule has 3 rings (SSSR count). The second-order valence-corrected chi connectivity index (χ2v) is 5.97. The Labute approximate surface area is 157 Å². The van der Waals surface area contributed by atoms with Gasteiger partial charge < -0.3 is 15.4 Å². The SMILES string of the molecule is COc1ccc(Nc2ncc(F)c(Nc3ccccc3NS(=O)O)n2)cc1. The van der Waals surface area contributed by atoms with Gasteiger partial charge in [-0.05, 0) is 36.4 Å². The molecule has 10 heteroatoms. The summed E-state index contributed by atoms with van der Waals surface area (Å²) in [6.45, 7) is 0. The van der Waals surface area contributed by atoms with E-state index in [-0.39, 0.29) is 11.8 Å². The van der Waals surface area contributed by atoms with Gasteiger partial charge in [0, 0.05) is 5.69 Å². The lowest BCUT2D eigenvalue weighted by Gasteiger charge is -2.13. The number of nitrogens with zero attached hydrogens (tertiary/aromatic N) is 2. The van der Waals surface area contributed by atoms with Crippen LogP contribution in [0.1, 0.15) is 0 Å². The van der Waals surface area contributed by atoms with Gasteiger partial charge in [0.1, 0.15) is 5.75 Å². The lowest BCUT2D eigenvalue weighted by molar-refractivity contribution is 0.415. The number of ether oxygens (including phenoxy) is 1. The highest BCUT2D eigenvalue weighted by molar-refractivity contribution is 7.80. The fourth-order valence-corrected chi connectivity index (χ4v) is 2.59. The van der Waals surface area contributed by atoms with E-state index in [0.717, 1.165) is 6.20 Å². The third kappa shape index (κ3) is 4.90. The summed E-state index contributed by atoms with van der Waals surface area (Å²) in [4.78, 5) is 8.04. The Morgan fingerprint density at radius 2 is 1.78 bits per heavy atom. The Hall–Kier alpha value is -3.24. The Bertz CT molecular complexity index is 956. The highest BCUT2D eigenvalue weighted by atomic mass is 32.2. The normalized spacial score (nSPS) is 11.5. The van der Waals surface area contributed by atoms with Crippen molar-refractivity contribution in [3.05, 3.63) is 60.5 Å². The summed E-state index contributed by atoms with van der Waals surface area (Å²) in [5, 5.41) is 5.76. The maximum atomic E-state index is 14.1. The summed E-state index contributed by atoms with van der Waals surface area (Å²) in [7, 11) is 1.57. The van der Waals surface area contributed by atoms with Gasteiger partial charge in [-0.3, -0.25) is 9.27 Å². The third-order valence-electron chi connectivity index (χ3n) is 3.47. The van der Waals surface area contributed by atoms with Crippen molar-refractivity contribution >= 4 is 40.1 Å². The van der Waals surface area contributed by atoms with Crippen LogP contribution in [-0.2, 0) is 11.3 Å². The minimum absolute atomic E-state index is 0.0843. The molecule has 0 fully saturated rings. The molecule has 0 spiro atoms. The van der Waals surface area contributed by atoms with E-state index in [0.29, 0.717) is 22.8 Å². The van der Waals surface area contributed by atoms with E-state index in [1.807, 2.05) is 0 Å². The monoisotopic (exact) mass is 389 g/mol. The number of hydrogen-bond donors (Lipinski definition) is 4. The van der Waals surface area contributed by atoms with Crippen LogP contribution in [0, 0.1) is 5.82 Å². The van der Waals surface area contributed by atoms with Crippen molar-refractivity contribution in [3.63, 3.8) is 0 Å². The summed E-state index contributed by atoms with van der Waals surface area (Å²) in [6, 6.07) is 13.6. The molecule has 1 unspecified atom stereocenters. The van der Waals surface area contributed by atoms with Gasteiger partial charge in [-0.1, -0.05) is 12.1 Å². The van der Waals surface area contributed by atoms with Crippen LogP contribution < -0.4 is 20.1 Å². The van der Waals surface area contributed by atoms with Gasteiger partial charge in [0.05, 0.1) is 24.7 Å². The van der Waals surface area contributed by atoms with E-state index in [4.69, 9.17) is 9.29 Å². The van der Waals surface area contributed by atoms with Gasteiger partial charge in [-0.25, -0.2) is 13.6 Å². The third-order valence-corrected chi connectivity index (χ3v) is 3.86. The molecule has 0 aliphatic carbocycles. The second kappa shape index (κ2) is 8.43. The number of benzene rings is 2. The predicted molar refractivity (Wildman–Crippen MR) is 102 cm³/mol. The van der Waals surface area contributed by atoms with E-state index in [2.05, 4.69) is 25.3 Å². The zero-order chi connectivity index (χ0) is 19.2. The fraction of sp³-hybridized carbons (Fsp3) is 0.0588. The van der Waals surface area contributed by atoms with Crippen molar-refractivity contribution < 1.29 is 17.9 Å².